The lowest BCUT2D eigenvalue weighted by Crippen LogP contribution is -2.30. The average Bonchev–Trinajstić information content (AvgIpc) is 3.00. The summed E-state index contributed by atoms with van der Waals surface area (Å²) in [6.07, 6.45) is 1.67. The monoisotopic (exact) mass is 330 g/mol. The van der Waals surface area contributed by atoms with E-state index in [0.29, 0.717) is 29.1 Å². The van der Waals surface area contributed by atoms with Gasteiger partial charge in [0.25, 0.3) is 11.5 Å². The second kappa shape index (κ2) is 6.67. The third-order valence-corrected chi connectivity index (χ3v) is 4.14. The van der Waals surface area contributed by atoms with Gasteiger partial charge in [0.1, 0.15) is 4.70 Å². The van der Waals surface area contributed by atoms with E-state index in [1.165, 1.54) is 11.3 Å². The van der Waals surface area contributed by atoms with Gasteiger partial charge in [-0.15, -0.1) is 11.3 Å². The highest BCUT2D eigenvalue weighted by molar-refractivity contribution is 7.17. The van der Waals surface area contributed by atoms with Crippen molar-refractivity contribution in [1.82, 2.24) is 20.3 Å². The van der Waals surface area contributed by atoms with E-state index in [1.54, 1.807) is 13.3 Å². The third kappa shape index (κ3) is 3.13. The zero-order chi connectivity index (χ0) is 16.2. The molecule has 1 amide bonds. The molecule has 3 aromatic rings. The molecule has 0 aliphatic rings. The molecule has 0 saturated heterocycles. The summed E-state index contributed by atoms with van der Waals surface area (Å²) in [6, 6.07) is 5.51. The van der Waals surface area contributed by atoms with E-state index in [4.69, 9.17) is 4.74 Å². The van der Waals surface area contributed by atoms with Crippen LogP contribution in [0, 0.1) is 0 Å². The van der Waals surface area contributed by atoms with E-state index in [0.717, 1.165) is 5.56 Å². The van der Waals surface area contributed by atoms with Crippen molar-refractivity contribution in [2.45, 2.75) is 0 Å². The Balaban J connectivity index is 2.03. The van der Waals surface area contributed by atoms with Crippen LogP contribution in [0.15, 0.2) is 34.6 Å². The first-order chi connectivity index (χ1) is 11.2. The second-order valence-electron chi connectivity index (χ2n) is 4.71. The van der Waals surface area contributed by atoms with Crippen molar-refractivity contribution in [3.05, 3.63) is 46.0 Å². The lowest BCUT2D eigenvalue weighted by atomic mass is 10.2. The molecule has 3 rings (SSSR count). The molecule has 0 unspecified atom stereocenters. The molecule has 0 aliphatic carbocycles. The Hall–Kier alpha value is -2.58. The van der Waals surface area contributed by atoms with Crippen molar-refractivity contribution < 1.29 is 9.53 Å². The Kier molecular flexibility index (Phi) is 4.45. The topological polar surface area (TPSA) is 97.0 Å². The highest BCUT2D eigenvalue weighted by atomic mass is 32.1. The summed E-state index contributed by atoms with van der Waals surface area (Å²) in [5.74, 6) is -0.464. The number of hydrogen-bond acceptors (Lipinski definition) is 6. The Labute approximate surface area is 135 Å². The normalized spacial score (nSPS) is 10.8. The lowest BCUT2D eigenvalue weighted by Gasteiger charge is -2.04. The number of carbonyl (C=O) groups excluding carboxylic acids is 1. The zero-order valence-electron chi connectivity index (χ0n) is 12.3. The van der Waals surface area contributed by atoms with Crippen LogP contribution in [0.2, 0.25) is 0 Å². The number of rotatable bonds is 5. The van der Waals surface area contributed by atoms with Gasteiger partial charge in [0.05, 0.1) is 17.8 Å². The van der Waals surface area contributed by atoms with Gasteiger partial charge in [-0.3, -0.25) is 14.6 Å². The van der Waals surface area contributed by atoms with Crippen LogP contribution in [-0.2, 0) is 4.74 Å². The number of fused-ring (bicyclic) bond motifs is 1. The summed E-state index contributed by atoms with van der Waals surface area (Å²) >= 11 is 1.28. The van der Waals surface area contributed by atoms with Crippen LogP contribution < -0.4 is 10.9 Å². The number of methoxy groups -OCH3 is 1. The predicted octanol–water partition coefficient (Wildman–Crippen LogP) is 1.42. The van der Waals surface area contributed by atoms with Crippen LogP contribution >= 0.6 is 11.3 Å². The van der Waals surface area contributed by atoms with E-state index < -0.39 is 5.91 Å². The first-order valence-electron chi connectivity index (χ1n) is 6.90. The molecule has 3 aromatic heterocycles. The Bertz CT molecular complexity index is 889. The number of aromatic nitrogens is 3. The Morgan fingerprint density at radius 1 is 1.43 bits per heavy atom. The smallest absolute Gasteiger partial charge is 0.287 e. The summed E-state index contributed by atoms with van der Waals surface area (Å²) < 4.78 is 5.34. The van der Waals surface area contributed by atoms with Crippen LogP contribution in [0.1, 0.15) is 10.6 Å². The summed E-state index contributed by atoms with van der Waals surface area (Å²) in [5, 5.41) is 4.46. The Morgan fingerprint density at radius 2 is 2.30 bits per heavy atom. The number of ether oxygens (including phenoxy) is 1. The molecular weight excluding hydrogens is 316 g/mol. The van der Waals surface area contributed by atoms with Crippen molar-refractivity contribution in [2.24, 2.45) is 0 Å². The molecule has 8 heteroatoms. The molecule has 0 bridgehead atoms. The van der Waals surface area contributed by atoms with Gasteiger partial charge < -0.3 is 15.0 Å². The van der Waals surface area contributed by atoms with Crippen LogP contribution in [-0.4, -0.2) is 41.1 Å². The first-order valence-corrected chi connectivity index (χ1v) is 7.78. The molecule has 0 saturated carbocycles. The molecule has 0 fully saturated rings. The number of hydrogen-bond donors (Lipinski definition) is 2. The molecule has 0 aromatic carbocycles. The largest absolute Gasteiger partial charge is 0.383 e. The minimum Gasteiger partial charge on any atom is -0.383 e. The van der Waals surface area contributed by atoms with E-state index in [-0.39, 0.29) is 11.4 Å². The van der Waals surface area contributed by atoms with E-state index in [9.17, 15) is 9.59 Å². The maximum absolute atomic E-state index is 12.2. The fourth-order valence-electron chi connectivity index (χ4n) is 2.09. The summed E-state index contributed by atoms with van der Waals surface area (Å²) in [6.45, 7) is 0.726. The van der Waals surface area contributed by atoms with Crippen molar-refractivity contribution in [1.29, 1.82) is 0 Å². The number of nitrogens with one attached hydrogen (secondary N) is 2. The quantitative estimate of drug-likeness (QED) is 0.690. The molecule has 23 heavy (non-hydrogen) atoms. The van der Waals surface area contributed by atoms with E-state index in [1.807, 2.05) is 23.6 Å². The van der Waals surface area contributed by atoms with Gasteiger partial charge in [-0.1, -0.05) is 6.07 Å². The highest BCUT2D eigenvalue weighted by Gasteiger charge is 2.16. The highest BCUT2D eigenvalue weighted by Crippen LogP contribution is 2.29. The number of amides is 1. The molecule has 2 N–H and O–H groups in total. The zero-order valence-corrected chi connectivity index (χ0v) is 13.1. The van der Waals surface area contributed by atoms with Gasteiger partial charge in [0.15, 0.2) is 5.82 Å². The number of nitrogens with zero attached hydrogens (tertiary/aromatic N) is 2. The van der Waals surface area contributed by atoms with Crippen molar-refractivity contribution >= 4 is 27.5 Å². The second-order valence-corrected chi connectivity index (χ2v) is 5.58. The van der Waals surface area contributed by atoms with Gasteiger partial charge in [-0.2, -0.15) is 0 Å². The number of thiophene rings is 1. The maximum Gasteiger partial charge on any atom is 0.287 e. The van der Waals surface area contributed by atoms with Crippen LogP contribution in [0.3, 0.4) is 0 Å². The van der Waals surface area contributed by atoms with Crippen LogP contribution in [0.4, 0.5) is 0 Å². The minimum absolute atomic E-state index is 0.0193. The third-order valence-electron chi connectivity index (χ3n) is 3.17. The van der Waals surface area contributed by atoms with Crippen molar-refractivity contribution in [3.63, 3.8) is 0 Å². The van der Waals surface area contributed by atoms with Crippen LogP contribution in [0.25, 0.3) is 21.5 Å². The fraction of sp³-hybridized carbons (Fsp3) is 0.200. The van der Waals surface area contributed by atoms with Gasteiger partial charge >= 0.3 is 0 Å². The van der Waals surface area contributed by atoms with Crippen molar-refractivity contribution in [3.8, 4) is 11.3 Å². The van der Waals surface area contributed by atoms with Gasteiger partial charge in [-0.05, 0) is 12.1 Å². The SMILES string of the molecule is COCCNC(=O)c1nc2c(-c3ccccn3)csc2c(=O)[nH]1. The lowest BCUT2D eigenvalue weighted by molar-refractivity contribution is 0.0927. The van der Waals surface area contributed by atoms with Gasteiger partial charge in [0, 0.05) is 30.8 Å². The number of H-pyrrole nitrogens is 1. The molecule has 7 nitrogen and oxygen atoms in total. The summed E-state index contributed by atoms with van der Waals surface area (Å²) in [4.78, 5) is 35.3. The maximum atomic E-state index is 12.2. The van der Waals surface area contributed by atoms with E-state index in [2.05, 4.69) is 20.3 Å². The number of carbonyl (C=O) groups is 1. The number of aromatic amines is 1. The standard InChI is InChI=1S/C15H14N4O3S/c1-22-7-6-17-15(21)13-18-11-9(10-4-2-3-5-16-10)8-23-12(11)14(20)19-13/h2-5,8H,6-7H2,1H3,(H,17,21)(H,18,19,20). The molecule has 0 atom stereocenters. The van der Waals surface area contributed by atoms with Crippen LogP contribution in [0.5, 0.6) is 0 Å². The molecule has 0 radical (unpaired) electrons. The minimum atomic E-state index is -0.445. The average molecular weight is 330 g/mol. The van der Waals surface area contributed by atoms with Gasteiger partial charge in [0.2, 0.25) is 0 Å². The summed E-state index contributed by atoms with van der Waals surface area (Å²) in [5.41, 5.74) is 1.60. The molecule has 3 heterocycles. The fourth-order valence-corrected chi connectivity index (χ4v) is 2.98. The molecule has 0 spiro atoms. The number of pyridine rings is 1. The first kappa shape index (κ1) is 15.3. The molecule has 118 valence electrons. The summed E-state index contributed by atoms with van der Waals surface area (Å²) in [7, 11) is 1.54. The predicted molar refractivity (Wildman–Crippen MR) is 87.7 cm³/mol. The molecular formula is C15H14N4O3S. The van der Waals surface area contributed by atoms with E-state index >= 15 is 0 Å². The van der Waals surface area contributed by atoms with Crippen molar-refractivity contribution in [2.75, 3.05) is 20.3 Å². The molecule has 0 aliphatic heterocycles. The Morgan fingerprint density at radius 3 is 3.04 bits per heavy atom. The van der Waals surface area contributed by atoms with Gasteiger partial charge in [-0.25, -0.2) is 4.98 Å².